The van der Waals surface area contributed by atoms with Crippen LogP contribution < -0.4 is 0 Å². The van der Waals surface area contributed by atoms with Gasteiger partial charge in [0.25, 0.3) is 5.91 Å². The van der Waals surface area contributed by atoms with Crippen LogP contribution in [0.4, 0.5) is 4.39 Å². The number of carbonyl (C=O) groups excluding carboxylic acids is 1. The minimum atomic E-state index is -0.457. The molecule has 0 unspecified atom stereocenters. The molecule has 1 atom stereocenters. The third kappa shape index (κ3) is 4.26. The summed E-state index contributed by atoms with van der Waals surface area (Å²) < 4.78 is 13.3. The van der Waals surface area contributed by atoms with Crippen LogP contribution in [0.15, 0.2) is 18.5 Å². The van der Waals surface area contributed by atoms with Crippen LogP contribution in [0.1, 0.15) is 23.2 Å². The number of rotatable bonds is 3. The number of halogens is 1. The Balaban J connectivity index is 1.56. The zero-order valence-electron chi connectivity index (χ0n) is 13.7. The number of amides is 1. The molecule has 5 nitrogen and oxygen atoms in total. The lowest BCUT2D eigenvalue weighted by atomic mass is 9.96. The van der Waals surface area contributed by atoms with E-state index in [1.165, 1.54) is 12.3 Å². The summed E-state index contributed by atoms with van der Waals surface area (Å²) in [5, 5.41) is 0. The van der Waals surface area contributed by atoms with Crippen molar-refractivity contribution in [2.75, 3.05) is 52.9 Å². The lowest BCUT2D eigenvalue weighted by Gasteiger charge is -2.38. The van der Waals surface area contributed by atoms with Crippen LogP contribution in [0.25, 0.3) is 0 Å². The number of likely N-dealkylation sites (N-methyl/N-ethyl adjacent to an activating group) is 1. The topological polar surface area (TPSA) is 39.7 Å². The molecule has 0 radical (unpaired) electrons. The van der Waals surface area contributed by atoms with Gasteiger partial charge in [0.05, 0.1) is 11.8 Å². The molecule has 1 aromatic heterocycles. The van der Waals surface area contributed by atoms with Crippen LogP contribution in [0.2, 0.25) is 0 Å². The first-order valence-corrected chi connectivity index (χ1v) is 8.42. The highest BCUT2D eigenvalue weighted by Crippen LogP contribution is 2.20. The molecule has 1 aromatic rings. The molecular weight excluding hydrogens is 295 g/mol. The number of piperazine rings is 1. The smallest absolute Gasteiger partial charge is 0.255 e. The number of carbonyl (C=O) groups is 1. The maximum absolute atomic E-state index is 13.3. The van der Waals surface area contributed by atoms with E-state index in [0.29, 0.717) is 11.5 Å². The summed E-state index contributed by atoms with van der Waals surface area (Å²) in [7, 11) is 2.16. The van der Waals surface area contributed by atoms with E-state index in [9.17, 15) is 9.18 Å². The molecule has 0 aromatic carbocycles. The molecule has 6 heteroatoms. The molecule has 3 heterocycles. The largest absolute Gasteiger partial charge is 0.338 e. The average molecular weight is 320 g/mol. The van der Waals surface area contributed by atoms with E-state index in [-0.39, 0.29) is 5.91 Å². The molecule has 2 aliphatic rings. The van der Waals surface area contributed by atoms with Crippen molar-refractivity contribution in [3.63, 3.8) is 0 Å². The van der Waals surface area contributed by atoms with Gasteiger partial charge in [0.15, 0.2) is 0 Å². The third-order valence-corrected chi connectivity index (χ3v) is 4.87. The molecule has 0 bridgehead atoms. The molecule has 126 valence electrons. The second-order valence-corrected chi connectivity index (χ2v) is 6.76. The molecule has 0 N–H and O–H groups in total. The highest BCUT2D eigenvalue weighted by atomic mass is 19.1. The van der Waals surface area contributed by atoms with Gasteiger partial charge in [-0.2, -0.15) is 0 Å². The number of aromatic nitrogens is 1. The molecule has 23 heavy (non-hydrogen) atoms. The van der Waals surface area contributed by atoms with Gasteiger partial charge in [-0.25, -0.2) is 4.39 Å². The van der Waals surface area contributed by atoms with Crippen molar-refractivity contribution in [3.05, 3.63) is 29.8 Å². The quantitative estimate of drug-likeness (QED) is 0.842. The Kier molecular flexibility index (Phi) is 5.23. The fourth-order valence-electron chi connectivity index (χ4n) is 3.51. The van der Waals surface area contributed by atoms with Gasteiger partial charge in [0.2, 0.25) is 0 Å². The van der Waals surface area contributed by atoms with Crippen LogP contribution in [-0.4, -0.2) is 78.5 Å². The summed E-state index contributed by atoms with van der Waals surface area (Å²) >= 11 is 0. The van der Waals surface area contributed by atoms with Crippen molar-refractivity contribution in [1.29, 1.82) is 0 Å². The van der Waals surface area contributed by atoms with E-state index in [0.717, 1.165) is 64.9 Å². The van der Waals surface area contributed by atoms with Crippen LogP contribution in [0.5, 0.6) is 0 Å². The van der Waals surface area contributed by atoms with Crippen LogP contribution >= 0.6 is 0 Å². The van der Waals surface area contributed by atoms with Gasteiger partial charge in [-0.15, -0.1) is 0 Å². The summed E-state index contributed by atoms with van der Waals surface area (Å²) in [5.74, 6) is -0.0421. The Bertz CT molecular complexity index is 545. The summed E-state index contributed by atoms with van der Waals surface area (Å²) in [6.45, 7) is 7.02. The number of piperidine rings is 1. The predicted octanol–water partition coefficient (Wildman–Crippen LogP) is 1.32. The number of nitrogens with zero attached hydrogens (tertiary/aromatic N) is 4. The summed E-state index contributed by atoms with van der Waals surface area (Å²) in [6.07, 6.45) is 4.77. The zero-order chi connectivity index (χ0) is 16.2. The molecule has 0 aliphatic carbocycles. The Hall–Kier alpha value is -1.53. The highest BCUT2D eigenvalue weighted by Gasteiger charge is 2.27. The van der Waals surface area contributed by atoms with Crippen LogP contribution in [-0.2, 0) is 0 Å². The van der Waals surface area contributed by atoms with E-state index in [1.807, 2.05) is 4.90 Å². The minimum Gasteiger partial charge on any atom is -0.338 e. The fraction of sp³-hybridized carbons (Fsp3) is 0.647. The highest BCUT2D eigenvalue weighted by molar-refractivity contribution is 5.93. The van der Waals surface area contributed by atoms with Crippen molar-refractivity contribution >= 4 is 5.91 Å². The number of likely N-dealkylation sites (tertiary alicyclic amines) is 1. The molecule has 2 fully saturated rings. The van der Waals surface area contributed by atoms with Crippen molar-refractivity contribution in [3.8, 4) is 0 Å². The normalized spacial score (nSPS) is 23.9. The Morgan fingerprint density at radius 2 is 2.04 bits per heavy atom. The fourth-order valence-corrected chi connectivity index (χ4v) is 3.51. The van der Waals surface area contributed by atoms with E-state index in [4.69, 9.17) is 0 Å². The van der Waals surface area contributed by atoms with E-state index in [2.05, 4.69) is 21.8 Å². The van der Waals surface area contributed by atoms with E-state index < -0.39 is 5.82 Å². The van der Waals surface area contributed by atoms with Crippen molar-refractivity contribution in [2.45, 2.75) is 12.8 Å². The Labute approximate surface area is 137 Å². The van der Waals surface area contributed by atoms with Crippen molar-refractivity contribution in [1.82, 2.24) is 19.7 Å². The monoisotopic (exact) mass is 320 g/mol. The number of hydrogen-bond acceptors (Lipinski definition) is 4. The molecule has 2 aliphatic heterocycles. The zero-order valence-corrected chi connectivity index (χ0v) is 13.7. The second-order valence-electron chi connectivity index (χ2n) is 6.76. The van der Waals surface area contributed by atoms with Gasteiger partial charge in [-0.3, -0.25) is 9.78 Å². The third-order valence-electron chi connectivity index (χ3n) is 4.87. The summed E-state index contributed by atoms with van der Waals surface area (Å²) in [6, 6.07) is 1.28. The summed E-state index contributed by atoms with van der Waals surface area (Å²) in [4.78, 5) is 23.0. The standard InChI is InChI=1S/C17H25FN4O/c1-20-5-7-21(8-6-20)12-14-3-2-4-22(13-14)17(23)15-9-16(18)11-19-10-15/h9-11,14H,2-8,12-13H2,1H3/t14-/m1/s1. The first-order chi connectivity index (χ1) is 11.1. The second kappa shape index (κ2) is 7.36. The molecule has 2 saturated heterocycles. The summed E-state index contributed by atoms with van der Waals surface area (Å²) in [5.41, 5.74) is 0.352. The van der Waals surface area contributed by atoms with Gasteiger partial charge >= 0.3 is 0 Å². The predicted molar refractivity (Wildman–Crippen MR) is 86.8 cm³/mol. The van der Waals surface area contributed by atoms with E-state index >= 15 is 0 Å². The molecule has 3 rings (SSSR count). The lowest BCUT2D eigenvalue weighted by molar-refractivity contribution is 0.0608. The Morgan fingerprint density at radius 1 is 1.26 bits per heavy atom. The van der Waals surface area contributed by atoms with Crippen molar-refractivity contribution in [2.24, 2.45) is 5.92 Å². The van der Waals surface area contributed by atoms with Crippen LogP contribution in [0, 0.1) is 11.7 Å². The maximum Gasteiger partial charge on any atom is 0.255 e. The van der Waals surface area contributed by atoms with E-state index in [1.54, 1.807) is 0 Å². The first kappa shape index (κ1) is 16.3. The maximum atomic E-state index is 13.3. The first-order valence-electron chi connectivity index (χ1n) is 8.42. The minimum absolute atomic E-state index is 0.0972. The van der Waals surface area contributed by atoms with Gasteiger partial charge in [0, 0.05) is 52.0 Å². The van der Waals surface area contributed by atoms with Crippen LogP contribution in [0.3, 0.4) is 0 Å². The molecular formula is C17H25FN4O. The molecule has 1 amide bonds. The SMILES string of the molecule is CN1CCN(C[C@H]2CCCN(C(=O)c3cncc(F)c3)C2)CC1. The van der Waals surface area contributed by atoms with Gasteiger partial charge in [0.1, 0.15) is 5.82 Å². The average Bonchev–Trinajstić information content (AvgIpc) is 2.56. The van der Waals surface area contributed by atoms with Gasteiger partial charge in [-0.1, -0.05) is 0 Å². The number of pyridine rings is 1. The van der Waals surface area contributed by atoms with Gasteiger partial charge in [-0.05, 0) is 31.9 Å². The van der Waals surface area contributed by atoms with Crippen molar-refractivity contribution < 1.29 is 9.18 Å². The molecule has 0 saturated carbocycles. The molecule has 0 spiro atoms. The Morgan fingerprint density at radius 3 is 2.78 bits per heavy atom. The number of hydrogen-bond donors (Lipinski definition) is 0. The van der Waals surface area contributed by atoms with Gasteiger partial charge < -0.3 is 14.7 Å². The lowest BCUT2D eigenvalue weighted by Crippen LogP contribution is -2.49.